The van der Waals surface area contributed by atoms with Gasteiger partial charge in [-0.2, -0.15) is 0 Å². The molecule has 2 unspecified atom stereocenters. The normalized spacial score (nSPS) is 15.2. The lowest BCUT2D eigenvalue weighted by Crippen LogP contribution is -2.22. The van der Waals surface area contributed by atoms with E-state index >= 15 is 0 Å². The predicted molar refractivity (Wildman–Crippen MR) is 64.9 cm³/mol. The smallest absolute Gasteiger partial charge is 0.0587 e. The van der Waals surface area contributed by atoms with Crippen LogP contribution in [0.4, 0.5) is 0 Å². The second-order valence-corrected chi connectivity index (χ2v) is 4.47. The molecule has 0 aromatic carbocycles. The van der Waals surface area contributed by atoms with E-state index < -0.39 is 0 Å². The van der Waals surface area contributed by atoms with Crippen molar-refractivity contribution in [2.45, 2.75) is 71.3 Å². The molecule has 0 fully saturated rings. The quantitative estimate of drug-likeness (QED) is 0.551. The lowest BCUT2D eigenvalue weighted by Gasteiger charge is -2.19. The van der Waals surface area contributed by atoms with E-state index in [1.54, 1.807) is 0 Å². The number of rotatable bonds is 10. The molecule has 0 amide bonds. The first-order valence-electron chi connectivity index (χ1n) is 6.55. The summed E-state index contributed by atoms with van der Waals surface area (Å²) >= 11 is 0. The molecule has 0 bridgehead atoms. The van der Waals surface area contributed by atoms with Crippen LogP contribution in [-0.2, 0) is 0 Å². The average Bonchev–Trinajstić information content (AvgIpc) is 2.27. The standard InChI is InChI=1S/C13H28O2/c1-3-5-6-7-8-9-10-12(11-14)13(15)4-2/h12-15H,3-11H2,1-2H3. The zero-order chi connectivity index (χ0) is 11.5. The molecule has 0 aromatic rings. The summed E-state index contributed by atoms with van der Waals surface area (Å²) in [5.41, 5.74) is 0. The van der Waals surface area contributed by atoms with Crippen LogP contribution < -0.4 is 0 Å². The maximum absolute atomic E-state index is 9.60. The Morgan fingerprint density at radius 3 is 2.07 bits per heavy atom. The van der Waals surface area contributed by atoms with Crippen molar-refractivity contribution >= 4 is 0 Å². The van der Waals surface area contributed by atoms with Gasteiger partial charge in [-0.3, -0.25) is 0 Å². The van der Waals surface area contributed by atoms with E-state index in [1.165, 1.54) is 32.1 Å². The van der Waals surface area contributed by atoms with Crippen molar-refractivity contribution < 1.29 is 10.2 Å². The summed E-state index contributed by atoms with van der Waals surface area (Å²) in [6.07, 6.45) is 9.04. The van der Waals surface area contributed by atoms with Crippen molar-refractivity contribution in [3.63, 3.8) is 0 Å². The van der Waals surface area contributed by atoms with E-state index in [1.807, 2.05) is 6.92 Å². The minimum Gasteiger partial charge on any atom is -0.396 e. The summed E-state index contributed by atoms with van der Waals surface area (Å²) in [4.78, 5) is 0. The van der Waals surface area contributed by atoms with Crippen LogP contribution in [0.15, 0.2) is 0 Å². The van der Waals surface area contributed by atoms with Crippen molar-refractivity contribution in [2.75, 3.05) is 6.61 Å². The van der Waals surface area contributed by atoms with Gasteiger partial charge in [0.15, 0.2) is 0 Å². The number of aliphatic hydroxyl groups is 2. The van der Waals surface area contributed by atoms with E-state index in [9.17, 15) is 5.11 Å². The Morgan fingerprint density at radius 2 is 1.53 bits per heavy atom. The predicted octanol–water partition coefficient (Wildman–Crippen LogP) is 3.12. The number of hydrogen-bond donors (Lipinski definition) is 2. The van der Waals surface area contributed by atoms with Gasteiger partial charge in [-0.15, -0.1) is 0 Å². The monoisotopic (exact) mass is 216 g/mol. The van der Waals surface area contributed by atoms with E-state index in [4.69, 9.17) is 5.11 Å². The third-order valence-electron chi connectivity index (χ3n) is 3.13. The van der Waals surface area contributed by atoms with Crippen LogP contribution in [0.5, 0.6) is 0 Å². The highest BCUT2D eigenvalue weighted by Crippen LogP contribution is 2.16. The molecule has 0 radical (unpaired) electrons. The Hall–Kier alpha value is -0.0800. The fraction of sp³-hybridized carbons (Fsp3) is 1.00. The molecule has 0 saturated heterocycles. The van der Waals surface area contributed by atoms with Gasteiger partial charge < -0.3 is 10.2 Å². The van der Waals surface area contributed by atoms with Crippen molar-refractivity contribution in [1.29, 1.82) is 0 Å². The molecule has 0 heterocycles. The summed E-state index contributed by atoms with van der Waals surface area (Å²) in [6.45, 7) is 4.32. The van der Waals surface area contributed by atoms with Crippen LogP contribution in [0.1, 0.15) is 65.2 Å². The van der Waals surface area contributed by atoms with Gasteiger partial charge in [0.2, 0.25) is 0 Å². The fourth-order valence-electron chi connectivity index (χ4n) is 1.93. The SMILES string of the molecule is CCCCCCCCC(CO)C(O)CC. The van der Waals surface area contributed by atoms with Crippen LogP contribution in [0.25, 0.3) is 0 Å². The first kappa shape index (κ1) is 14.9. The molecule has 0 aromatic heterocycles. The van der Waals surface area contributed by atoms with Crippen LogP contribution in [0.3, 0.4) is 0 Å². The molecule has 0 saturated carbocycles. The lowest BCUT2D eigenvalue weighted by atomic mass is 9.94. The maximum atomic E-state index is 9.60. The highest BCUT2D eigenvalue weighted by Gasteiger charge is 2.15. The zero-order valence-electron chi connectivity index (χ0n) is 10.4. The molecule has 92 valence electrons. The average molecular weight is 216 g/mol. The van der Waals surface area contributed by atoms with Gasteiger partial charge in [0.1, 0.15) is 0 Å². The van der Waals surface area contributed by atoms with Crippen LogP contribution in [-0.4, -0.2) is 22.9 Å². The number of hydrogen-bond acceptors (Lipinski definition) is 2. The Labute approximate surface area is 94.7 Å². The Bertz CT molecular complexity index is 126. The van der Waals surface area contributed by atoms with Gasteiger partial charge in [0.05, 0.1) is 6.10 Å². The summed E-state index contributed by atoms with van der Waals surface area (Å²) < 4.78 is 0. The van der Waals surface area contributed by atoms with Gasteiger partial charge in [-0.25, -0.2) is 0 Å². The van der Waals surface area contributed by atoms with E-state index in [0.29, 0.717) is 0 Å². The summed E-state index contributed by atoms with van der Waals surface area (Å²) in [6, 6.07) is 0. The minimum atomic E-state index is -0.314. The molecule has 2 N–H and O–H groups in total. The van der Waals surface area contributed by atoms with Gasteiger partial charge in [-0.05, 0) is 12.8 Å². The molecule has 15 heavy (non-hydrogen) atoms. The van der Waals surface area contributed by atoms with Crippen molar-refractivity contribution in [1.82, 2.24) is 0 Å². The Kier molecular flexibility index (Phi) is 10.4. The minimum absolute atomic E-state index is 0.0983. The fourth-order valence-corrected chi connectivity index (χ4v) is 1.93. The van der Waals surface area contributed by atoms with Gasteiger partial charge >= 0.3 is 0 Å². The highest BCUT2D eigenvalue weighted by molar-refractivity contribution is 4.66. The Morgan fingerprint density at radius 1 is 0.933 bits per heavy atom. The van der Waals surface area contributed by atoms with E-state index in [2.05, 4.69) is 6.92 Å². The van der Waals surface area contributed by atoms with E-state index in [0.717, 1.165) is 19.3 Å². The molecular weight excluding hydrogens is 188 g/mol. The van der Waals surface area contributed by atoms with Gasteiger partial charge in [-0.1, -0.05) is 52.4 Å². The molecule has 0 aliphatic rings. The largest absolute Gasteiger partial charge is 0.396 e. The van der Waals surface area contributed by atoms with Gasteiger partial charge in [0.25, 0.3) is 0 Å². The molecule has 0 aliphatic carbocycles. The molecule has 0 spiro atoms. The maximum Gasteiger partial charge on any atom is 0.0587 e. The highest BCUT2D eigenvalue weighted by atomic mass is 16.3. The van der Waals surface area contributed by atoms with Crippen molar-refractivity contribution in [2.24, 2.45) is 5.92 Å². The van der Waals surface area contributed by atoms with Crippen molar-refractivity contribution in [3.8, 4) is 0 Å². The first-order chi connectivity index (χ1) is 7.26. The molecule has 2 nitrogen and oxygen atoms in total. The Balaban J connectivity index is 3.38. The molecular formula is C13H28O2. The second-order valence-electron chi connectivity index (χ2n) is 4.47. The van der Waals surface area contributed by atoms with Crippen molar-refractivity contribution in [3.05, 3.63) is 0 Å². The van der Waals surface area contributed by atoms with Crippen LogP contribution in [0, 0.1) is 5.92 Å². The molecule has 0 rings (SSSR count). The third kappa shape index (κ3) is 7.80. The van der Waals surface area contributed by atoms with Crippen LogP contribution in [0.2, 0.25) is 0 Å². The lowest BCUT2D eigenvalue weighted by molar-refractivity contribution is 0.0582. The first-order valence-corrected chi connectivity index (χ1v) is 6.55. The summed E-state index contributed by atoms with van der Waals surface area (Å²) in [7, 11) is 0. The summed E-state index contributed by atoms with van der Waals surface area (Å²) in [5.74, 6) is 0.0983. The van der Waals surface area contributed by atoms with Gasteiger partial charge in [0, 0.05) is 12.5 Å². The van der Waals surface area contributed by atoms with E-state index in [-0.39, 0.29) is 18.6 Å². The second kappa shape index (κ2) is 10.4. The third-order valence-corrected chi connectivity index (χ3v) is 3.13. The molecule has 2 atom stereocenters. The number of unbranched alkanes of at least 4 members (excludes halogenated alkanes) is 5. The zero-order valence-corrected chi connectivity index (χ0v) is 10.4. The van der Waals surface area contributed by atoms with Crippen LogP contribution >= 0.6 is 0 Å². The summed E-state index contributed by atoms with van der Waals surface area (Å²) in [5, 5.41) is 18.7. The molecule has 2 heteroatoms. The number of aliphatic hydroxyl groups excluding tert-OH is 2. The topological polar surface area (TPSA) is 40.5 Å². The molecule has 0 aliphatic heterocycles.